The molecule has 0 spiro atoms. The van der Waals surface area contributed by atoms with Gasteiger partial charge in [0.1, 0.15) is 5.75 Å². The van der Waals surface area contributed by atoms with Gasteiger partial charge in [0.05, 0.1) is 0 Å². The molecule has 0 aliphatic carbocycles. The van der Waals surface area contributed by atoms with Crippen LogP contribution in [0.2, 0.25) is 0 Å². The number of amides is 2. The Labute approximate surface area is 178 Å². The van der Waals surface area contributed by atoms with Crippen molar-refractivity contribution in [2.45, 2.75) is 26.2 Å². The Morgan fingerprint density at radius 1 is 1.04 bits per heavy atom. The van der Waals surface area contributed by atoms with E-state index in [1.54, 1.807) is 36.4 Å². The molecule has 0 heterocycles. The Hall–Kier alpha value is -2.45. The van der Waals surface area contributed by atoms with Crippen molar-refractivity contribution in [1.29, 1.82) is 0 Å². The van der Waals surface area contributed by atoms with Crippen LogP contribution >= 0.6 is 28.1 Å². The van der Waals surface area contributed by atoms with Crippen molar-refractivity contribution in [3.8, 4) is 5.75 Å². The molecule has 2 aromatic rings. The topological polar surface area (TPSA) is 79.5 Å². The molecule has 3 N–H and O–H groups in total. The number of anilines is 2. The zero-order valence-electron chi connectivity index (χ0n) is 15.5. The summed E-state index contributed by atoms with van der Waals surface area (Å²) < 4.78 is 6.33. The summed E-state index contributed by atoms with van der Waals surface area (Å²) in [6.07, 6.45) is 2.30. The van der Waals surface area contributed by atoms with E-state index < -0.39 is 0 Å². The minimum Gasteiger partial charge on any atom is -0.484 e. The van der Waals surface area contributed by atoms with Gasteiger partial charge in [-0.2, -0.15) is 0 Å². The van der Waals surface area contributed by atoms with E-state index in [2.05, 4.69) is 31.9 Å². The minimum absolute atomic E-state index is 0.0278. The van der Waals surface area contributed by atoms with Crippen molar-refractivity contribution < 1.29 is 14.3 Å². The Bertz CT molecular complexity index is 828. The molecule has 0 unspecified atom stereocenters. The van der Waals surface area contributed by atoms with Crippen molar-refractivity contribution in [2.75, 3.05) is 17.2 Å². The van der Waals surface area contributed by atoms with Crippen molar-refractivity contribution in [3.05, 3.63) is 53.0 Å². The molecule has 2 rings (SSSR count). The third-order valence-corrected chi connectivity index (χ3v) is 4.33. The predicted octanol–water partition coefficient (Wildman–Crippen LogP) is 4.47. The maximum absolute atomic E-state index is 12.0. The molecule has 0 atom stereocenters. The zero-order valence-corrected chi connectivity index (χ0v) is 17.9. The summed E-state index contributed by atoms with van der Waals surface area (Å²) in [5.41, 5.74) is 1.33. The molecule has 0 saturated carbocycles. The summed E-state index contributed by atoms with van der Waals surface area (Å²) in [5.74, 6) is 0.188. The van der Waals surface area contributed by atoms with Crippen molar-refractivity contribution in [3.63, 3.8) is 0 Å². The second kappa shape index (κ2) is 11.4. The number of halogens is 1. The first-order chi connectivity index (χ1) is 13.5. The van der Waals surface area contributed by atoms with Crippen LogP contribution in [0.25, 0.3) is 0 Å². The number of carbonyl (C=O) groups is 2. The first kappa shape index (κ1) is 21.8. The average Bonchev–Trinajstić information content (AvgIpc) is 2.66. The Balaban J connectivity index is 1.80. The number of carbonyl (C=O) groups excluding carboxylic acids is 2. The van der Waals surface area contributed by atoms with Gasteiger partial charge in [0.2, 0.25) is 5.91 Å². The molecule has 28 heavy (non-hydrogen) atoms. The van der Waals surface area contributed by atoms with Gasteiger partial charge in [0.25, 0.3) is 5.91 Å². The Kier molecular flexibility index (Phi) is 8.90. The molecule has 2 aromatic carbocycles. The van der Waals surface area contributed by atoms with Crippen LogP contribution < -0.4 is 20.7 Å². The van der Waals surface area contributed by atoms with Crippen molar-refractivity contribution in [2.24, 2.45) is 0 Å². The molecule has 2 amide bonds. The van der Waals surface area contributed by atoms with Crippen LogP contribution in [0.15, 0.2) is 53.0 Å². The highest BCUT2D eigenvalue weighted by molar-refractivity contribution is 9.10. The van der Waals surface area contributed by atoms with Gasteiger partial charge in [0.15, 0.2) is 11.7 Å². The molecule has 8 heteroatoms. The highest BCUT2D eigenvalue weighted by atomic mass is 79.9. The van der Waals surface area contributed by atoms with Crippen molar-refractivity contribution >= 4 is 56.4 Å². The van der Waals surface area contributed by atoms with Gasteiger partial charge >= 0.3 is 0 Å². The number of ether oxygens (including phenoxy) is 1. The van der Waals surface area contributed by atoms with Crippen LogP contribution in [-0.2, 0) is 9.59 Å². The van der Waals surface area contributed by atoms with Crippen LogP contribution in [0.4, 0.5) is 11.4 Å². The monoisotopic (exact) mass is 463 g/mol. The fraction of sp³-hybridized carbons (Fsp3) is 0.250. The Morgan fingerprint density at radius 3 is 2.39 bits per heavy atom. The van der Waals surface area contributed by atoms with E-state index in [9.17, 15) is 9.59 Å². The molecule has 0 fully saturated rings. The fourth-order valence-corrected chi connectivity index (χ4v) is 2.74. The molecule has 0 aromatic heterocycles. The standard InChI is InChI=1S/C20H22BrN3O3S/c1-2-3-7-18(25)22-15-5-4-6-16(12-15)23-20(28)24-19(26)13-27-17-10-8-14(21)9-11-17/h4-6,8-12H,2-3,7,13H2,1H3,(H,22,25)(H2,23,24,26,28). The number of nitrogens with one attached hydrogen (secondary N) is 3. The van der Waals surface area contributed by atoms with Gasteiger partial charge < -0.3 is 15.4 Å². The lowest BCUT2D eigenvalue weighted by Crippen LogP contribution is -2.37. The van der Waals surface area contributed by atoms with Gasteiger partial charge in [-0.15, -0.1) is 0 Å². The average molecular weight is 464 g/mol. The van der Waals surface area contributed by atoms with Crippen LogP contribution in [-0.4, -0.2) is 23.5 Å². The summed E-state index contributed by atoms with van der Waals surface area (Å²) in [4.78, 5) is 23.8. The number of hydrogen-bond acceptors (Lipinski definition) is 4. The van der Waals surface area contributed by atoms with Gasteiger partial charge in [0, 0.05) is 22.3 Å². The fourth-order valence-electron chi connectivity index (χ4n) is 2.24. The quantitative estimate of drug-likeness (QED) is 0.503. The maximum Gasteiger partial charge on any atom is 0.264 e. The third-order valence-electron chi connectivity index (χ3n) is 3.60. The lowest BCUT2D eigenvalue weighted by atomic mass is 10.2. The highest BCUT2D eigenvalue weighted by Crippen LogP contribution is 2.17. The van der Waals surface area contributed by atoms with E-state index in [1.807, 2.05) is 19.1 Å². The first-order valence-corrected chi connectivity index (χ1v) is 10.1. The molecule has 0 saturated heterocycles. The third kappa shape index (κ3) is 8.06. The summed E-state index contributed by atoms with van der Waals surface area (Å²) in [6.45, 7) is 1.88. The molecule has 6 nitrogen and oxygen atoms in total. The maximum atomic E-state index is 12.0. The molecule has 0 bridgehead atoms. The molecular formula is C20H22BrN3O3S. The lowest BCUT2D eigenvalue weighted by molar-refractivity contribution is -0.121. The largest absolute Gasteiger partial charge is 0.484 e. The lowest BCUT2D eigenvalue weighted by Gasteiger charge is -2.12. The van der Waals surface area contributed by atoms with Gasteiger partial charge in [-0.3, -0.25) is 14.9 Å². The summed E-state index contributed by atoms with van der Waals surface area (Å²) in [6, 6.07) is 14.3. The highest BCUT2D eigenvalue weighted by Gasteiger charge is 2.07. The molecule has 148 valence electrons. The summed E-state index contributed by atoms with van der Waals surface area (Å²) >= 11 is 8.49. The van der Waals surface area contributed by atoms with Gasteiger partial charge in [-0.05, 0) is 61.1 Å². The van der Waals surface area contributed by atoms with Crippen LogP contribution in [0.5, 0.6) is 5.75 Å². The van der Waals surface area contributed by atoms with Crippen LogP contribution in [0.3, 0.4) is 0 Å². The minimum atomic E-state index is -0.371. The number of unbranched alkanes of at least 4 members (excludes halogenated alkanes) is 1. The summed E-state index contributed by atoms with van der Waals surface area (Å²) in [5, 5.41) is 8.47. The zero-order chi connectivity index (χ0) is 20.4. The van der Waals surface area contributed by atoms with Gasteiger partial charge in [-0.1, -0.05) is 35.3 Å². The normalized spacial score (nSPS) is 10.1. The number of rotatable bonds is 8. The van der Waals surface area contributed by atoms with E-state index >= 15 is 0 Å². The summed E-state index contributed by atoms with van der Waals surface area (Å²) in [7, 11) is 0. The van der Waals surface area contributed by atoms with E-state index in [0.717, 1.165) is 17.3 Å². The number of hydrogen-bond donors (Lipinski definition) is 3. The second-order valence-corrected chi connectivity index (χ2v) is 7.30. The van der Waals surface area contributed by atoms with E-state index in [-0.39, 0.29) is 23.5 Å². The SMILES string of the molecule is CCCCC(=O)Nc1cccc(NC(=S)NC(=O)COc2ccc(Br)cc2)c1. The number of thiocarbonyl (C=S) groups is 1. The Morgan fingerprint density at radius 2 is 1.71 bits per heavy atom. The molecule has 0 aliphatic rings. The van der Waals surface area contributed by atoms with Gasteiger partial charge in [-0.25, -0.2) is 0 Å². The van der Waals surface area contributed by atoms with E-state index in [4.69, 9.17) is 17.0 Å². The van der Waals surface area contributed by atoms with Crippen LogP contribution in [0, 0.1) is 0 Å². The van der Waals surface area contributed by atoms with E-state index in [1.165, 1.54) is 0 Å². The molecule has 0 radical (unpaired) electrons. The predicted molar refractivity (Wildman–Crippen MR) is 119 cm³/mol. The number of benzene rings is 2. The first-order valence-electron chi connectivity index (χ1n) is 8.85. The smallest absolute Gasteiger partial charge is 0.264 e. The van der Waals surface area contributed by atoms with E-state index in [0.29, 0.717) is 23.5 Å². The van der Waals surface area contributed by atoms with Crippen molar-refractivity contribution in [1.82, 2.24) is 5.32 Å². The molecule has 0 aliphatic heterocycles. The molecular weight excluding hydrogens is 442 g/mol. The second-order valence-electron chi connectivity index (χ2n) is 5.98. The van der Waals surface area contributed by atoms with Crippen LogP contribution in [0.1, 0.15) is 26.2 Å².